The lowest BCUT2D eigenvalue weighted by molar-refractivity contribution is 0.0982. The summed E-state index contributed by atoms with van der Waals surface area (Å²) in [5.41, 5.74) is 5.12. The van der Waals surface area contributed by atoms with Crippen molar-refractivity contribution in [3.8, 4) is 22.8 Å². The molecule has 2 N–H and O–H groups in total. The number of hydrogen-bond donors (Lipinski definition) is 2. The molecule has 0 spiro atoms. The van der Waals surface area contributed by atoms with Gasteiger partial charge in [-0.15, -0.1) is 0 Å². The number of phenols is 2. The number of rotatable bonds is 5. The Hall–Kier alpha value is -3.90. The molecule has 3 aromatic carbocycles. The topological polar surface area (TPSA) is 86.6 Å². The first kappa shape index (κ1) is 22.3. The van der Waals surface area contributed by atoms with E-state index in [-0.39, 0.29) is 28.3 Å². The first-order chi connectivity index (χ1) is 15.8. The quantitative estimate of drug-likeness (QED) is 0.375. The third kappa shape index (κ3) is 4.81. The minimum absolute atomic E-state index is 0.101. The van der Waals surface area contributed by atoms with E-state index in [1.54, 1.807) is 11.1 Å². The van der Waals surface area contributed by atoms with Gasteiger partial charge < -0.3 is 15.1 Å². The van der Waals surface area contributed by atoms with Crippen LogP contribution in [-0.2, 0) is 6.54 Å². The molecule has 0 fully saturated rings. The Balaban J connectivity index is 1.77. The average Bonchev–Trinajstić information content (AvgIpc) is 2.79. The number of aryl methyl sites for hydroxylation is 2. The van der Waals surface area contributed by atoms with Crippen molar-refractivity contribution in [3.05, 3.63) is 100 Å². The number of aromatic hydroxyl groups is 2. The number of hydrogen-bond acceptors (Lipinski definition) is 5. The van der Waals surface area contributed by atoms with Crippen LogP contribution in [-0.4, -0.2) is 26.1 Å². The van der Waals surface area contributed by atoms with Crippen molar-refractivity contribution >= 4 is 23.2 Å². The van der Waals surface area contributed by atoms with Crippen LogP contribution < -0.4 is 4.90 Å². The van der Waals surface area contributed by atoms with Crippen LogP contribution >= 0.6 is 11.6 Å². The molecule has 0 atom stereocenters. The summed E-state index contributed by atoms with van der Waals surface area (Å²) in [6.07, 6.45) is 1.68. The first-order valence-corrected chi connectivity index (χ1v) is 10.7. The molecule has 6 nitrogen and oxygen atoms in total. The van der Waals surface area contributed by atoms with E-state index < -0.39 is 0 Å². The van der Waals surface area contributed by atoms with Gasteiger partial charge in [-0.05, 0) is 66.4 Å². The number of carbonyl (C=O) groups is 1. The predicted octanol–water partition coefficient (Wildman–Crippen LogP) is 5.67. The van der Waals surface area contributed by atoms with Crippen LogP contribution in [0, 0.1) is 13.8 Å². The molecule has 0 aliphatic heterocycles. The molecule has 1 aromatic heterocycles. The van der Waals surface area contributed by atoms with Crippen LogP contribution in [0.4, 0.5) is 5.69 Å². The summed E-state index contributed by atoms with van der Waals surface area (Å²) >= 11 is 6.01. The zero-order valence-corrected chi connectivity index (χ0v) is 18.9. The summed E-state index contributed by atoms with van der Waals surface area (Å²) in [4.78, 5) is 23.5. The second-order valence-corrected chi connectivity index (χ2v) is 8.09. The molecule has 0 aliphatic carbocycles. The van der Waals surface area contributed by atoms with Gasteiger partial charge in [0.05, 0.1) is 17.8 Å². The predicted molar refractivity (Wildman–Crippen MR) is 129 cm³/mol. The van der Waals surface area contributed by atoms with Crippen LogP contribution in [0.1, 0.15) is 27.0 Å². The van der Waals surface area contributed by atoms with Gasteiger partial charge in [-0.1, -0.05) is 36.4 Å². The molecule has 33 heavy (non-hydrogen) atoms. The maximum atomic E-state index is 13.5. The number of phenolic OH excluding ortho intramolecular Hbond substituents is 2. The van der Waals surface area contributed by atoms with Crippen LogP contribution in [0.25, 0.3) is 11.3 Å². The number of aromatic nitrogens is 2. The summed E-state index contributed by atoms with van der Waals surface area (Å²) in [6, 6.07) is 19.2. The van der Waals surface area contributed by atoms with Gasteiger partial charge in [-0.25, -0.2) is 9.97 Å². The van der Waals surface area contributed by atoms with E-state index in [9.17, 15) is 15.0 Å². The first-order valence-electron chi connectivity index (χ1n) is 10.3. The summed E-state index contributed by atoms with van der Waals surface area (Å²) in [7, 11) is 0. The Labute approximate surface area is 196 Å². The number of nitrogens with zero attached hydrogens (tertiary/aromatic N) is 3. The highest BCUT2D eigenvalue weighted by molar-refractivity contribution is 6.28. The van der Waals surface area contributed by atoms with Crippen molar-refractivity contribution in [2.75, 3.05) is 4.90 Å². The molecular formula is C26H22ClN3O3. The van der Waals surface area contributed by atoms with Crippen LogP contribution in [0.3, 0.4) is 0 Å². The van der Waals surface area contributed by atoms with Crippen molar-refractivity contribution in [2.24, 2.45) is 0 Å². The lowest BCUT2D eigenvalue weighted by atomic mass is 10.0. The second-order valence-electron chi connectivity index (χ2n) is 7.75. The zero-order chi connectivity index (χ0) is 23.5. The van der Waals surface area contributed by atoms with Gasteiger partial charge in [0.15, 0.2) is 0 Å². The van der Waals surface area contributed by atoms with E-state index in [1.165, 1.54) is 12.1 Å². The monoisotopic (exact) mass is 459 g/mol. The van der Waals surface area contributed by atoms with Crippen LogP contribution in [0.5, 0.6) is 11.5 Å². The molecule has 0 saturated heterocycles. The normalized spacial score (nSPS) is 10.8. The average molecular weight is 460 g/mol. The van der Waals surface area contributed by atoms with Gasteiger partial charge >= 0.3 is 0 Å². The van der Waals surface area contributed by atoms with Crippen LogP contribution in [0.15, 0.2) is 72.9 Å². The summed E-state index contributed by atoms with van der Waals surface area (Å²) in [5, 5.41) is 20.1. The fraction of sp³-hybridized carbons (Fsp3) is 0.115. The molecule has 0 unspecified atom stereocenters. The molecule has 0 aliphatic rings. The SMILES string of the molecule is Cc1cc(N(Cc2ccccc2)C(=O)c2ccc(O)cc2O)ccc1-c1nc(Cl)ncc1C. The molecule has 1 amide bonds. The number of carbonyl (C=O) groups excluding carboxylic acids is 1. The van der Waals surface area contributed by atoms with Crippen molar-refractivity contribution in [3.63, 3.8) is 0 Å². The van der Waals surface area contributed by atoms with Gasteiger partial charge in [-0.2, -0.15) is 0 Å². The van der Waals surface area contributed by atoms with Gasteiger partial charge in [0.25, 0.3) is 5.91 Å². The van der Waals surface area contributed by atoms with Crippen molar-refractivity contribution < 1.29 is 15.0 Å². The third-order valence-corrected chi connectivity index (χ3v) is 5.54. The van der Waals surface area contributed by atoms with E-state index in [4.69, 9.17) is 11.6 Å². The van der Waals surface area contributed by atoms with Crippen molar-refractivity contribution in [2.45, 2.75) is 20.4 Å². The lowest BCUT2D eigenvalue weighted by Gasteiger charge is -2.25. The molecule has 0 radical (unpaired) electrons. The Morgan fingerprint density at radius 1 is 0.970 bits per heavy atom. The largest absolute Gasteiger partial charge is 0.508 e. The van der Waals surface area contributed by atoms with Crippen molar-refractivity contribution in [1.82, 2.24) is 9.97 Å². The number of amides is 1. The van der Waals surface area contributed by atoms with Gasteiger partial charge in [0.1, 0.15) is 11.5 Å². The smallest absolute Gasteiger partial charge is 0.262 e. The highest BCUT2D eigenvalue weighted by Crippen LogP contribution is 2.32. The molecule has 4 aromatic rings. The minimum Gasteiger partial charge on any atom is -0.508 e. The standard InChI is InChI=1S/C26H22ClN3O3/c1-16-12-19(8-10-21(16)24-17(2)14-28-26(27)29-24)30(15-18-6-4-3-5-7-18)25(33)22-11-9-20(31)13-23(22)32/h3-14,31-32H,15H2,1-2H3. The third-order valence-electron chi connectivity index (χ3n) is 5.36. The number of anilines is 1. The summed E-state index contributed by atoms with van der Waals surface area (Å²) < 4.78 is 0. The van der Waals surface area contributed by atoms with E-state index >= 15 is 0 Å². The highest BCUT2D eigenvalue weighted by atomic mass is 35.5. The molecule has 7 heteroatoms. The van der Waals surface area contributed by atoms with E-state index in [1.807, 2.05) is 62.4 Å². The maximum absolute atomic E-state index is 13.5. The Bertz CT molecular complexity index is 1330. The van der Waals surface area contributed by atoms with Gasteiger partial charge in [-0.3, -0.25) is 4.79 Å². The Morgan fingerprint density at radius 2 is 1.73 bits per heavy atom. The lowest BCUT2D eigenvalue weighted by Crippen LogP contribution is -2.30. The Kier molecular flexibility index (Phi) is 6.29. The van der Waals surface area contributed by atoms with E-state index in [2.05, 4.69) is 9.97 Å². The molecule has 4 rings (SSSR count). The number of benzene rings is 3. The maximum Gasteiger partial charge on any atom is 0.262 e. The number of halogens is 1. The second kappa shape index (κ2) is 9.30. The Morgan fingerprint density at radius 3 is 2.42 bits per heavy atom. The van der Waals surface area contributed by atoms with E-state index in [0.717, 1.165) is 34.0 Å². The fourth-order valence-corrected chi connectivity index (χ4v) is 3.80. The summed E-state index contributed by atoms with van der Waals surface area (Å²) in [6.45, 7) is 4.16. The molecule has 1 heterocycles. The van der Waals surface area contributed by atoms with Gasteiger partial charge in [0, 0.05) is 23.5 Å². The van der Waals surface area contributed by atoms with Crippen molar-refractivity contribution in [1.29, 1.82) is 0 Å². The highest BCUT2D eigenvalue weighted by Gasteiger charge is 2.22. The minimum atomic E-state index is -0.384. The molecule has 0 bridgehead atoms. The molecular weight excluding hydrogens is 438 g/mol. The van der Waals surface area contributed by atoms with E-state index in [0.29, 0.717) is 12.2 Å². The summed E-state index contributed by atoms with van der Waals surface area (Å²) in [5.74, 6) is -0.778. The van der Waals surface area contributed by atoms with Gasteiger partial charge in [0.2, 0.25) is 5.28 Å². The van der Waals surface area contributed by atoms with Crippen LogP contribution in [0.2, 0.25) is 5.28 Å². The zero-order valence-electron chi connectivity index (χ0n) is 18.2. The fourth-order valence-electron chi connectivity index (χ4n) is 3.67. The molecule has 0 saturated carbocycles. The molecule has 166 valence electrons.